The lowest BCUT2D eigenvalue weighted by atomic mass is 9.95. The fourth-order valence-corrected chi connectivity index (χ4v) is 1.90. The van der Waals surface area contributed by atoms with Crippen molar-refractivity contribution < 1.29 is 0 Å². The van der Waals surface area contributed by atoms with Gasteiger partial charge in [0, 0.05) is 24.7 Å². The smallest absolute Gasteiger partial charge is 0.00970 e. The minimum Gasteiger partial charge on any atom is -0.313 e. The lowest BCUT2D eigenvalue weighted by Gasteiger charge is -2.25. The highest BCUT2D eigenvalue weighted by molar-refractivity contribution is 4.73. The van der Waals surface area contributed by atoms with Crippen LogP contribution in [0.3, 0.4) is 0 Å². The SMILES string of the molecule is CCC(CC)C(C)NCCNC(C)(C)C. The van der Waals surface area contributed by atoms with Gasteiger partial charge in [-0.1, -0.05) is 26.7 Å². The highest BCUT2D eigenvalue weighted by atomic mass is 15.0. The molecule has 0 aliphatic heterocycles. The summed E-state index contributed by atoms with van der Waals surface area (Å²) in [6.45, 7) is 15.6. The summed E-state index contributed by atoms with van der Waals surface area (Å²) in [5.74, 6) is 0.819. The van der Waals surface area contributed by atoms with Gasteiger partial charge in [0.2, 0.25) is 0 Å². The Morgan fingerprint density at radius 1 is 1.00 bits per heavy atom. The van der Waals surface area contributed by atoms with Crippen molar-refractivity contribution in [2.24, 2.45) is 5.92 Å². The van der Waals surface area contributed by atoms with E-state index in [9.17, 15) is 0 Å². The Morgan fingerprint density at radius 3 is 1.93 bits per heavy atom. The molecule has 2 nitrogen and oxygen atoms in total. The minimum atomic E-state index is 0.236. The normalized spacial score (nSPS) is 14.6. The van der Waals surface area contributed by atoms with Gasteiger partial charge < -0.3 is 10.6 Å². The number of nitrogens with one attached hydrogen (secondary N) is 2. The van der Waals surface area contributed by atoms with E-state index in [4.69, 9.17) is 0 Å². The van der Waals surface area contributed by atoms with E-state index < -0.39 is 0 Å². The molecule has 0 aliphatic rings. The summed E-state index contributed by atoms with van der Waals surface area (Å²) < 4.78 is 0. The summed E-state index contributed by atoms with van der Waals surface area (Å²) in [6.07, 6.45) is 2.55. The highest BCUT2D eigenvalue weighted by Gasteiger charge is 2.12. The Kier molecular flexibility index (Phi) is 7.20. The minimum absolute atomic E-state index is 0.236. The number of rotatable bonds is 7. The highest BCUT2D eigenvalue weighted by Crippen LogP contribution is 2.12. The predicted octanol–water partition coefficient (Wildman–Crippen LogP) is 2.79. The Morgan fingerprint density at radius 2 is 1.53 bits per heavy atom. The van der Waals surface area contributed by atoms with Gasteiger partial charge in [-0.3, -0.25) is 0 Å². The van der Waals surface area contributed by atoms with Crippen LogP contribution in [0, 0.1) is 5.92 Å². The molecule has 1 unspecified atom stereocenters. The van der Waals surface area contributed by atoms with E-state index >= 15 is 0 Å². The van der Waals surface area contributed by atoms with Gasteiger partial charge in [-0.15, -0.1) is 0 Å². The monoisotopic (exact) mass is 214 g/mol. The summed E-state index contributed by atoms with van der Waals surface area (Å²) in [5, 5.41) is 7.08. The molecule has 0 aromatic carbocycles. The molecule has 0 spiro atoms. The molecule has 0 aliphatic carbocycles. The molecule has 0 saturated carbocycles. The first-order valence-corrected chi connectivity index (χ1v) is 6.39. The quantitative estimate of drug-likeness (QED) is 0.637. The summed E-state index contributed by atoms with van der Waals surface area (Å²) in [6, 6.07) is 0.641. The maximum atomic E-state index is 3.59. The molecule has 92 valence electrons. The van der Waals surface area contributed by atoms with Gasteiger partial charge in [0.1, 0.15) is 0 Å². The maximum Gasteiger partial charge on any atom is 0.00970 e. The molecule has 15 heavy (non-hydrogen) atoms. The van der Waals surface area contributed by atoms with E-state index in [1.807, 2.05) is 0 Å². The van der Waals surface area contributed by atoms with Gasteiger partial charge in [0.05, 0.1) is 0 Å². The Hall–Kier alpha value is -0.0800. The van der Waals surface area contributed by atoms with Crippen molar-refractivity contribution in [2.75, 3.05) is 13.1 Å². The third-order valence-corrected chi connectivity index (χ3v) is 3.00. The van der Waals surface area contributed by atoms with Crippen molar-refractivity contribution in [3.8, 4) is 0 Å². The molecular formula is C13H30N2. The van der Waals surface area contributed by atoms with Gasteiger partial charge in [-0.2, -0.15) is 0 Å². The predicted molar refractivity (Wildman–Crippen MR) is 69.3 cm³/mol. The van der Waals surface area contributed by atoms with Crippen molar-refractivity contribution in [1.29, 1.82) is 0 Å². The summed E-state index contributed by atoms with van der Waals surface area (Å²) in [5.41, 5.74) is 0.236. The zero-order valence-corrected chi connectivity index (χ0v) is 11.5. The molecule has 0 heterocycles. The standard InChI is InChI=1S/C13H30N2/c1-7-12(8-2)11(3)14-9-10-15-13(4,5)6/h11-12,14-15H,7-10H2,1-6H3. The van der Waals surface area contributed by atoms with E-state index in [1.165, 1.54) is 12.8 Å². The van der Waals surface area contributed by atoms with Crippen LogP contribution in [-0.4, -0.2) is 24.7 Å². The van der Waals surface area contributed by atoms with Crippen LogP contribution < -0.4 is 10.6 Å². The van der Waals surface area contributed by atoms with E-state index in [-0.39, 0.29) is 5.54 Å². The second-order valence-electron chi connectivity index (χ2n) is 5.50. The largest absolute Gasteiger partial charge is 0.313 e. The molecule has 1 atom stereocenters. The fraction of sp³-hybridized carbons (Fsp3) is 1.00. The van der Waals surface area contributed by atoms with Crippen LogP contribution in [0.15, 0.2) is 0 Å². The van der Waals surface area contributed by atoms with E-state index in [2.05, 4.69) is 52.2 Å². The van der Waals surface area contributed by atoms with Gasteiger partial charge in [-0.05, 0) is 33.6 Å². The van der Waals surface area contributed by atoms with Crippen molar-refractivity contribution in [3.05, 3.63) is 0 Å². The second-order valence-corrected chi connectivity index (χ2v) is 5.50. The van der Waals surface area contributed by atoms with Crippen LogP contribution in [0.25, 0.3) is 0 Å². The van der Waals surface area contributed by atoms with E-state index in [0.717, 1.165) is 19.0 Å². The molecule has 0 radical (unpaired) electrons. The van der Waals surface area contributed by atoms with Crippen molar-refractivity contribution in [2.45, 2.75) is 66.0 Å². The van der Waals surface area contributed by atoms with Crippen LogP contribution in [0.2, 0.25) is 0 Å². The number of hydrogen-bond donors (Lipinski definition) is 2. The van der Waals surface area contributed by atoms with Crippen LogP contribution in [0.1, 0.15) is 54.4 Å². The molecule has 0 aromatic rings. The molecule has 2 N–H and O–H groups in total. The molecule has 0 amide bonds. The maximum absolute atomic E-state index is 3.59. The van der Waals surface area contributed by atoms with E-state index in [0.29, 0.717) is 6.04 Å². The summed E-state index contributed by atoms with van der Waals surface area (Å²) in [7, 11) is 0. The van der Waals surface area contributed by atoms with Crippen LogP contribution in [0.4, 0.5) is 0 Å². The first-order valence-electron chi connectivity index (χ1n) is 6.39. The molecule has 0 aromatic heterocycles. The molecule has 0 bridgehead atoms. The van der Waals surface area contributed by atoms with Crippen LogP contribution >= 0.6 is 0 Å². The molecule has 0 fully saturated rings. The first-order chi connectivity index (χ1) is 6.90. The molecule has 0 saturated heterocycles. The Labute approximate surface area is 96.2 Å². The molecule has 2 heteroatoms. The summed E-state index contributed by atoms with van der Waals surface area (Å²) in [4.78, 5) is 0. The first kappa shape index (κ1) is 14.9. The zero-order valence-electron chi connectivity index (χ0n) is 11.5. The fourth-order valence-electron chi connectivity index (χ4n) is 1.90. The average molecular weight is 214 g/mol. The van der Waals surface area contributed by atoms with Gasteiger partial charge >= 0.3 is 0 Å². The Bertz CT molecular complexity index is 145. The topological polar surface area (TPSA) is 24.1 Å². The van der Waals surface area contributed by atoms with Gasteiger partial charge in [0.25, 0.3) is 0 Å². The van der Waals surface area contributed by atoms with Crippen LogP contribution in [-0.2, 0) is 0 Å². The van der Waals surface area contributed by atoms with Crippen molar-refractivity contribution in [1.82, 2.24) is 10.6 Å². The lowest BCUT2D eigenvalue weighted by molar-refractivity contribution is 0.343. The zero-order chi connectivity index (χ0) is 11.9. The third-order valence-electron chi connectivity index (χ3n) is 3.00. The summed E-state index contributed by atoms with van der Waals surface area (Å²) >= 11 is 0. The van der Waals surface area contributed by atoms with E-state index in [1.54, 1.807) is 0 Å². The number of hydrogen-bond acceptors (Lipinski definition) is 2. The third kappa shape index (κ3) is 7.80. The average Bonchev–Trinajstić information content (AvgIpc) is 2.13. The van der Waals surface area contributed by atoms with Crippen molar-refractivity contribution in [3.63, 3.8) is 0 Å². The van der Waals surface area contributed by atoms with Crippen LogP contribution in [0.5, 0.6) is 0 Å². The van der Waals surface area contributed by atoms with Gasteiger partial charge in [-0.25, -0.2) is 0 Å². The lowest BCUT2D eigenvalue weighted by Crippen LogP contribution is -2.43. The molecular weight excluding hydrogens is 184 g/mol. The van der Waals surface area contributed by atoms with Gasteiger partial charge in [0.15, 0.2) is 0 Å². The second kappa shape index (κ2) is 7.24. The van der Waals surface area contributed by atoms with Crippen molar-refractivity contribution >= 4 is 0 Å². The molecule has 0 rings (SSSR count). The Balaban J connectivity index is 3.58.